The molecule has 0 atom stereocenters. The van der Waals surface area contributed by atoms with Crippen LogP contribution in [0.25, 0.3) is 0 Å². The number of nitrogens with one attached hydrogen (secondary N) is 1. The van der Waals surface area contributed by atoms with Gasteiger partial charge in [-0.05, 0) is 12.1 Å². The molecule has 4 heteroatoms. The second-order valence-electron chi connectivity index (χ2n) is 1.96. The topological polar surface area (TPSA) is 38.3 Å². The quantitative estimate of drug-likeness (QED) is 0.318. The summed E-state index contributed by atoms with van der Waals surface area (Å²) in [4.78, 5) is 9.86. The molecule has 0 aliphatic heterocycles. The van der Waals surface area contributed by atoms with E-state index < -0.39 is 0 Å². The Balaban J connectivity index is 0.00000121. The van der Waals surface area contributed by atoms with Crippen LogP contribution in [0.5, 0.6) is 5.75 Å². The molecule has 1 N–H and O–H groups in total. The maximum Gasteiger partial charge on any atom is 1.00 e. The molecule has 58 valence electrons. The second-order valence-corrected chi connectivity index (χ2v) is 1.96. The Kier molecular flexibility index (Phi) is 5.27. The van der Waals surface area contributed by atoms with Crippen molar-refractivity contribution in [3.8, 4) is 5.75 Å². The molecule has 3 nitrogen and oxygen atoms in total. The molecule has 0 fully saturated rings. The van der Waals surface area contributed by atoms with Crippen molar-refractivity contribution < 1.29 is 28.4 Å². The van der Waals surface area contributed by atoms with Gasteiger partial charge < -0.3 is 14.8 Å². The van der Waals surface area contributed by atoms with E-state index in [2.05, 4.69) is 5.32 Å². The van der Waals surface area contributed by atoms with E-state index in [1.807, 2.05) is 0 Å². The Bertz CT molecular complexity index is 235. The SMILES string of the molecule is COc1ccc(N[C-]=O)cc1.[Li+]. The van der Waals surface area contributed by atoms with Gasteiger partial charge in [-0.15, -0.1) is 17.8 Å². The first kappa shape index (κ1) is 11.1. The van der Waals surface area contributed by atoms with Crippen LogP contribution in [0, 0.1) is 0 Å². The second kappa shape index (κ2) is 5.70. The fraction of sp³-hybridized carbons (Fsp3) is 0.125. The Morgan fingerprint density at radius 3 is 2.33 bits per heavy atom. The van der Waals surface area contributed by atoms with Crippen molar-refractivity contribution in [3.05, 3.63) is 24.3 Å². The number of carbonyl (C=O) groups excluding carboxylic acids is 1. The molecule has 1 aromatic rings. The molecule has 0 saturated heterocycles. The molecular weight excluding hydrogens is 149 g/mol. The van der Waals surface area contributed by atoms with Gasteiger partial charge >= 0.3 is 18.9 Å². The number of anilines is 1. The minimum absolute atomic E-state index is 0. The monoisotopic (exact) mass is 157 g/mol. The fourth-order valence-electron chi connectivity index (χ4n) is 0.733. The Hall–Kier alpha value is -0.913. The number of hydrogen-bond donors (Lipinski definition) is 1. The summed E-state index contributed by atoms with van der Waals surface area (Å²) >= 11 is 0. The zero-order valence-electron chi connectivity index (χ0n) is 7.13. The third-order valence-corrected chi connectivity index (χ3v) is 1.29. The van der Waals surface area contributed by atoms with Gasteiger partial charge in [0.05, 0.1) is 13.5 Å². The average Bonchev–Trinajstić information content (AvgIpc) is 2.07. The van der Waals surface area contributed by atoms with Crippen LogP contribution in [-0.4, -0.2) is 13.5 Å². The molecule has 0 saturated carbocycles. The summed E-state index contributed by atoms with van der Waals surface area (Å²) in [7, 11) is 1.59. The molecule has 0 aromatic heterocycles. The van der Waals surface area contributed by atoms with Gasteiger partial charge in [-0.1, -0.05) is 0 Å². The molecule has 0 aliphatic rings. The largest absolute Gasteiger partial charge is 1.00 e. The zero-order valence-corrected chi connectivity index (χ0v) is 7.13. The van der Waals surface area contributed by atoms with Gasteiger partial charge in [0.25, 0.3) is 0 Å². The van der Waals surface area contributed by atoms with Crippen LogP contribution < -0.4 is 28.9 Å². The van der Waals surface area contributed by atoms with E-state index in [1.165, 1.54) is 0 Å². The van der Waals surface area contributed by atoms with E-state index >= 15 is 0 Å². The van der Waals surface area contributed by atoms with Crippen LogP contribution in [0.15, 0.2) is 24.3 Å². The first-order chi connectivity index (χ1) is 5.36. The fourth-order valence-corrected chi connectivity index (χ4v) is 0.733. The molecule has 12 heavy (non-hydrogen) atoms. The van der Waals surface area contributed by atoms with E-state index in [0.717, 1.165) is 5.75 Å². The summed E-state index contributed by atoms with van der Waals surface area (Å²) < 4.78 is 4.92. The van der Waals surface area contributed by atoms with E-state index in [1.54, 1.807) is 37.8 Å². The Labute approximate surface area is 83.3 Å². The number of benzene rings is 1. The zero-order chi connectivity index (χ0) is 8.10. The van der Waals surface area contributed by atoms with Crippen molar-refractivity contribution in [2.75, 3.05) is 12.4 Å². The molecule has 0 heterocycles. The van der Waals surface area contributed by atoms with E-state index in [0.29, 0.717) is 5.69 Å². The third-order valence-electron chi connectivity index (χ3n) is 1.29. The molecule has 0 spiro atoms. The summed E-state index contributed by atoms with van der Waals surface area (Å²) in [6.45, 7) is 0. The summed E-state index contributed by atoms with van der Waals surface area (Å²) in [5, 5.41) is 2.40. The Morgan fingerprint density at radius 2 is 1.92 bits per heavy atom. The van der Waals surface area contributed by atoms with Crippen LogP contribution >= 0.6 is 0 Å². The van der Waals surface area contributed by atoms with Crippen LogP contribution in [-0.2, 0) is 4.79 Å². The van der Waals surface area contributed by atoms with Gasteiger partial charge in [0, 0.05) is 0 Å². The molecule has 1 amide bonds. The van der Waals surface area contributed by atoms with Crippen molar-refractivity contribution >= 4 is 12.1 Å². The van der Waals surface area contributed by atoms with Gasteiger partial charge in [0.15, 0.2) is 0 Å². The molecular formula is C8H8LiNO2. The van der Waals surface area contributed by atoms with E-state index in [4.69, 9.17) is 4.74 Å². The van der Waals surface area contributed by atoms with Gasteiger partial charge in [0.1, 0.15) is 5.75 Å². The number of ether oxygens (including phenoxy) is 1. The predicted molar refractivity (Wildman–Crippen MR) is 42.3 cm³/mol. The van der Waals surface area contributed by atoms with Crippen molar-refractivity contribution in [1.82, 2.24) is 0 Å². The summed E-state index contributed by atoms with van der Waals surface area (Å²) in [5.41, 5.74) is 0.709. The van der Waals surface area contributed by atoms with Crippen LogP contribution in [0.1, 0.15) is 0 Å². The van der Waals surface area contributed by atoms with Gasteiger partial charge in [-0.3, -0.25) is 0 Å². The minimum atomic E-state index is 0. The third kappa shape index (κ3) is 2.99. The molecule has 0 bridgehead atoms. The molecule has 1 rings (SSSR count). The van der Waals surface area contributed by atoms with Crippen LogP contribution in [0.3, 0.4) is 0 Å². The number of rotatable bonds is 3. The maximum atomic E-state index is 9.86. The van der Waals surface area contributed by atoms with Gasteiger partial charge in [0.2, 0.25) is 0 Å². The number of methoxy groups -OCH3 is 1. The number of amides is 1. The summed E-state index contributed by atoms with van der Waals surface area (Å²) in [5.74, 6) is 0.765. The molecule has 0 radical (unpaired) electrons. The average molecular weight is 157 g/mol. The minimum Gasteiger partial charge on any atom is -0.497 e. The van der Waals surface area contributed by atoms with Crippen molar-refractivity contribution in [3.63, 3.8) is 0 Å². The Morgan fingerprint density at radius 1 is 1.33 bits per heavy atom. The molecule has 0 aliphatic carbocycles. The van der Waals surface area contributed by atoms with E-state index in [9.17, 15) is 4.79 Å². The van der Waals surface area contributed by atoms with Crippen LogP contribution in [0.4, 0.5) is 5.69 Å². The molecule has 1 aromatic carbocycles. The van der Waals surface area contributed by atoms with Gasteiger partial charge in [-0.25, -0.2) is 0 Å². The predicted octanol–water partition coefficient (Wildman–Crippen LogP) is -1.82. The summed E-state index contributed by atoms with van der Waals surface area (Å²) in [6.07, 6.45) is 1.58. The molecule has 0 unspecified atom stereocenters. The standard InChI is InChI=1S/C8H8NO2.Li/c1-11-8-4-2-7(3-5-8)9-6-10;/h2-5H,1H3,(H,9,10);/q-1;+1. The van der Waals surface area contributed by atoms with Crippen LogP contribution in [0.2, 0.25) is 0 Å². The smallest absolute Gasteiger partial charge is 0.497 e. The van der Waals surface area contributed by atoms with Gasteiger partial charge in [-0.2, -0.15) is 0 Å². The van der Waals surface area contributed by atoms with Crippen molar-refractivity contribution in [2.45, 2.75) is 0 Å². The summed E-state index contributed by atoms with van der Waals surface area (Å²) in [6, 6.07) is 7.01. The normalized spacial score (nSPS) is 8.08. The maximum absolute atomic E-state index is 9.86. The van der Waals surface area contributed by atoms with Crippen molar-refractivity contribution in [1.29, 1.82) is 0 Å². The van der Waals surface area contributed by atoms with Crippen molar-refractivity contribution in [2.24, 2.45) is 0 Å². The van der Waals surface area contributed by atoms with E-state index in [-0.39, 0.29) is 18.9 Å². The first-order valence-electron chi connectivity index (χ1n) is 3.14. The number of hydrogen-bond acceptors (Lipinski definition) is 2. The first-order valence-corrected chi connectivity index (χ1v) is 3.14.